The van der Waals surface area contributed by atoms with Gasteiger partial charge >= 0.3 is 17.9 Å². The summed E-state index contributed by atoms with van der Waals surface area (Å²) < 4.78 is 0. The first-order valence-electron chi connectivity index (χ1n) is 4.28. The molecule has 1 aromatic carbocycles. The zero-order chi connectivity index (χ0) is 14.0. The molecule has 0 spiro atoms. The Morgan fingerprint density at radius 1 is 0.944 bits per heavy atom. The van der Waals surface area contributed by atoms with E-state index < -0.39 is 45.2 Å². The third-order valence-corrected chi connectivity index (χ3v) is 2.00. The van der Waals surface area contributed by atoms with Crippen molar-refractivity contribution in [3.63, 3.8) is 0 Å². The molecule has 0 aromatic heterocycles. The van der Waals surface area contributed by atoms with Crippen LogP contribution in [0.25, 0.3) is 0 Å². The zero-order valence-corrected chi connectivity index (χ0v) is 8.48. The molecule has 18 heavy (non-hydrogen) atoms. The average Bonchev–Trinajstić information content (AvgIpc) is 2.26. The second-order valence-corrected chi connectivity index (χ2v) is 3.09. The number of rotatable bonds is 4. The molecule has 0 radical (unpaired) electrons. The minimum atomic E-state index is -1.78. The molecule has 9 heteroatoms. The third kappa shape index (κ3) is 2.24. The van der Waals surface area contributed by atoms with E-state index in [0.717, 1.165) is 0 Å². The Hall–Kier alpha value is -2.97. The normalized spacial score (nSPS) is 9.78. The van der Waals surface area contributed by atoms with Gasteiger partial charge in [-0.05, 0) is 12.1 Å². The largest absolute Gasteiger partial charge is 0.478 e. The summed E-state index contributed by atoms with van der Waals surface area (Å²) in [7, 11) is 0. The van der Waals surface area contributed by atoms with Crippen LogP contribution >= 0.6 is 0 Å². The second-order valence-electron chi connectivity index (χ2n) is 3.09. The van der Waals surface area contributed by atoms with Gasteiger partial charge in [0.15, 0.2) is 0 Å². The molecule has 1 aromatic rings. The molecule has 9 nitrogen and oxygen atoms in total. The smallest absolute Gasteiger partial charge is 0.342 e. The van der Waals surface area contributed by atoms with Crippen LogP contribution in [0.5, 0.6) is 0 Å². The van der Waals surface area contributed by atoms with Gasteiger partial charge in [-0.15, -0.1) is 0 Å². The lowest BCUT2D eigenvalue weighted by Crippen LogP contribution is -2.12. The minimum Gasteiger partial charge on any atom is -0.478 e. The molecule has 0 bridgehead atoms. The fourth-order valence-electron chi connectivity index (χ4n) is 1.28. The van der Waals surface area contributed by atoms with E-state index in [1.807, 2.05) is 0 Å². The molecule has 3 N–H and O–H groups in total. The first kappa shape index (κ1) is 13.1. The Labute approximate surface area is 98.0 Å². The molecule has 0 amide bonds. The van der Waals surface area contributed by atoms with Gasteiger partial charge in [0, 0.05) is 0 Å². The highest BCUT2D eigenvalue weighted by molar-refractivity contribution is 6.04. The number of hydrogen-bond donors (Lipinski definition) is 3. The van der Waals surface area contributed by atoms with Crippen LogP contribution in [-0.2, 0) is 0 Å². The lowest BCUT2D eigenvalue weighted by Gasteiger charge is -2.04. The summed E-state index contributed by atoms with van der Waals surface area (Å²) in [5.41, 5.74) is -3.79. The maximum absolute atomic E-state index is 10.8. The standard InChI is InChI=1S/C9H5NO8/c11-7(12)3-1-4(8(13)14)6(10(17)18)5(2-3)9(15)16/h1-2H,(H,11,12)(H,13,14)(H,15,16). The third-order valence-electron chi connectivity index (χ3n) is 2.00. The highest BCUT2D eigenvalue weighted by atomic mass is 16.6. The SMILES string of the molecule is O=C(O)c1cc(C(=O)O)c([N+](=O)[O-])c(C(=O)O)c1. The number of benzene rings is 1. The molecular formula is C9H5NO8. The van der Waals surface area contributed by atoms with Gasteiger partial charge in [0.25, 0.3) is 5.69 Å². The van der Waals surface area contributed by atoms with E-state index in [1.54, 1.807) is 0 Å². The highest BCUT2D eigenvalue weighted by Crippen LogP contribution is 2.26. The summed E-state index contributed by atoms with van der Waals surface area (Å²) in [6, 6.07) is 1.07. The Morgan fingerprint density at radius 3 is 1.56 bits per heavy atom. The summed E-state index contributed by atoms with van der Waals surface area (Å²) >= 11 is 0. The quantitative estimate of drug-likeness (QED) is 0.524. The van der Waals surface area contributed by atoms with Gasteiger partial charge in [0.2, 0.25) is 0 Å². The number of nitro benzene ring substituents is 1. The van der Waals surface area contributed by atoms with Gasteiger partial charge < -0.3 is 15.3 Å². The van der Waals surface area contributed by atoms with Gasteiger partial charge in [-0.3, -0.25) is 10.1 Å². The van der Waals surface area contributed by atoms with E-state index in [4.69, 9.17) is 15.3 Å². The van der Waals surface area contributed by atoms with Crippen LogP contribution in [0.15, 0.2) is 12.1 Å². The van der Waals surface area contributed by atoms with Crippen molar-refractivity contribution >= 4 is 23.6 Å². The van der Waals surface area contributed by atoms with Crippen molar-refractivity contribution < 1.29 is 34.6 Å². The van der Waals surface area contributed by atoms with Gasteiger partial charge in [0.1, 0.15) is 11.1 Å². The molecule has 0 fully saturated rings. The van der Waals surface area contributed by atoms with Crippen LogP contribution in [0, 0.1) is 10.1 Å². The highest BCUT2D eigenvalue weighted by Gasteiger charge is 2.30. The van der Waals surface area contributed by atoms with Crippen molar-refractivity contribution in [3.8, 4) is 0 Å². The monoisotopic (exact) mass is 255 g/mol. The summed E-state index contributed by atoms with van der Waals surface area (Å²) in [6.45, 7) is 0. The van der Waals surface area contributed by atoms with Gasteiger partial charge in [-0.2, -0.15) is 0 Å². The number of carboxylic acid groups (broad SMARTS) is 3. The average molecular weight is 255 g/mol. The summed E-state index contributed by atoms with van der Waals surface area (Å²) in [5.74, 6) is -5.16. The lowest BCUT2D eigenvalue weighted by molar-refractivity contribution is -0.385. The number of nitro groups is 1. The maximum atomic E-state index is 10.8. The number of nitrogens with zero attached hydrogens (tertiary/aromatic N) is 1. The maximum Gasteiger partial charge on any atom is 0.342 e. The predicted molar refractivity (Wildman–Crippen MR) is 54.0 cm³/mol. The number of carbonyl (C=O) groups is 3. The predicted octanol–water partition coefficient (Wildman–Crippen LogP) is 0.689. The Kier molecular flexibility index (Phi) is 3.27. The number of carboxylic acids is 3. The summed E-state index contributed by atoms with van der Waals surface area (Å²) in [6.07, 6.45) is 0. The lowest BCUT2D eigenvalue weighted by atomic mass is 10.0. The van der Waals surface area contributed by atoms with Crippen molar-refractivity contribution in [2.24, 2.45) is 0 Å². The minimum absolute atomic E-state index is 0.537. The molecule has 0 saturated carbocycles. The van der Waals surface area contributed by atoms with Crippen molar-refractivity contribution in [2.45, 2.75) is 0 Å². The van der Waals surface area contributed by atoms with Crippen LogP contribution < -0.4 is 0 Å². The van der Waals surface area contributed by atoms with E-state index in [1.165, 1.54) is 0 Å². The fourth-order valence-corrected chi connectivity index (χ4v) is 1.28. The molecule has 0 saturated heterocycles. The van der Waals surface area contributed by atoms with Crippen LogP contribution in [0.1, 0.15) is 31.1 Å². The second kappa shape index (κ2) is 4.49. The molecule has 0 unspecified atom stereocenters. The molecule has 0 aliphatic carbocycles. The molecule has 1 rings (SSSR count). The van der Waals surface area contributed by atoms with E-state index in [2.05, 4.69) is 0 Å². The van der Waals surface area contributed by atoms with E-state index in [-0.39, 0.29) is 0 Å². The molecule has 0 aliphatic rings. The first-order chi connectivity index (χ1) is 8.25. The molecule has 94 valence electrons. The Bertz CT molecular complexity index is 541. The van der Waals surface area contributed by atoms with Crippen molar-refractivity contribution in [3.05, 3.63) is 38.9 Å². The first-order valence-corrected chi connectivity index (χ1v) is 4.28. The van der Waals surface area contributed by atoms with Crippen molar-refractivity contribution in [2.75, 3.05) is 0 Å². The zero-order valence-electron chi connectivity index (χ0n) is 8.48. The molecule has 0 heterocycles. The molecular weight excluding hydrogens is 250 g/mol. The van der Waals surface area contributed by atoms with Gasteiger partial charge in [-0.1, -0.05) is 0 Å². The Morgan fingerprint density at radius 2 is 1.33 bits per heavy atom. The van der Waals surface area contributed by atoms with Gasteiger partial charge in [0.05, 0.1) is 10.5 Å². The number of aromatic carboxylic acids is 3. The molecule has 0 aliphatic heterocycles. The van der Waals surface area contributed by atoms with E-state index in [0.29, 0.717) is 12.1 Å². The van der Waals surface area contributed by atoms with E-state index >= 15 is 0 Å². The van der Waals surface area contributed by atoms with Crippen molar-refractivity contribution in [1.82, 2.24) is 0 Å². The van der Waals surface area contributed by atoms with Crippen LogP contribution in [0.2, 0.25) is 0 Å². The van der Waals surface area contributed by atoms with E-state index in [9.17, 15) is 24.5 Å². The van der Waals surface area contributed by atoms with Crippen molar-refractivity contribution in [1.29, 1.82) is 0 Å². The fraction of sp³-hybridized carbons (Fsp3) is 0. The molecule has 0 atom stereocenters. The van der Waals surface area contributed by atoms with Crippen LogP contribution in [0.3, 0.4) is 0 Å². The number of hydrogen-bond acceptors (Lipinski definition) is 5. The Balaban J connectivity index is 3.76. The topological polar surface area (TPSA) is 155 Å². The van der Waals surface area contributed by atoms with Crippen LogP contribution in [-0.4, -0.2) is 38.2 Å². The summed E-state index contributed by atoms with van der Waals surface area (Å²) in [4.78, 5) is 41.7. The van der Waals surface area contributed by atoms with Gasteiger partial charge in [-0.25, -0.2) is 14.4 Å². The van der Waals surface area contributed by atoms with Crippen LogP contribution in [0.4, 0.5) is 5.69 Å². The summed E-state index contributed by atoms with van der Waals surface area (Å²) in [5, 5.41) is 36.8.